The van der Waals surface area contributed by atoms with Crippen LogP contribution in [0.2, 0.25) is 4.34 Å². The summed E-state index contributed by atoms with van der Waals surface area (Å²) in [7, 11) is 1.96. The van der Waals surface area contributed by atoms with Crippen molar-refractivity contribution in [2.24, 2.45) is 0 Å². The summed E-state index contributed by atoms with van der Waals surface area (Å²) in [5, 5.41) is 0. The lowest BCUT2D eigenvalue weighted by molar-refractivity contribution is 0.0942. The predicted molar refractivity (Wildman–Crippen MR) is 90.6 cm³/mol. The third-order valence-electron chi connectivity index (χ3n) is 3.42. The zero-order valence-corrected chi connectivity index (χ0v) is 14.4. The second-order valence-corrected chi connectivity index (χ2v) is 7.37. The van der Waals surface area contributed by atoms with Gasteiger partial charge in [0.25, 0.3) is 0 Å². The van der Waals surface area contributed by atoms with E-state index in [4.69, 9.17) is 11.6 Å². The molecule has 4 heteroatoms. The molecular weight excluding hydrogens is 302 g/mol. The number of thiophene rings is 1. The van der Waals surface area contributed by atoms with Gasteiger partial charge in [-0.1, -0.05) is 29.3 Å². The van der Waals surface area contributed by atoms with Gasteiger partial charge in [-0.2, -0.15) is 0 Å². The highest BCUT2D eigenvalue weighted by Gasteiger charge is 2.15. The molecule has 0 fully saturated rings. The fraction of sp³-hybridized carbons (Fsp3) is 0.353. The van der Waals surface area contributed by atoms with Crippen molar-refractivity contribution in [2.75, 3.05) is 13.6 Å². The average Bonchev–Trinajstić information content (AvgIpc) is 2.72. The molecule has 21 heavy (non-hydrogen) atoms. The van der Waals surface area contributed by atoms with Crippen molar-refractivity contribution in [2.45, 2.75) is 27.3 Å². The average molecular weight is 322 g/mol. The van der Waals surface area contributed by atoms with Crippen molar-refractivity contribution in [3.05, 3.63) is 55.7 Å². The van der Waals surface area contributed by atoms with Crippen LogP contribution >= 0.6 is 22.9 Å². The Morgan fingerprint density at radius 3 is 2.33 bits per heavy atom. The monoisotopic (exact) mass is 321 g/mol. The molecule has 0 spiro atoms. The molecule has 0 atom stereocenters. The number of benzene rings is 1. The Hall–Kier alpha value is -1.16. The molecule has 0 radical (unpaired) electrons. The summed E-state index contributed by atoms with van der Waals surface area (Å²) in [4.78, 5) is 15.7. The second-order valence-electron chi connectivity index (χ2n) is 5.58. The molecule has 1 heterocycles. The molecule has 2 nitrogen and oxygen atoms in total. The topological polar surface area (TPSA) is 20.3 Å². The number of carbonyl (C=O) groups is 1. The van der Waals surface area contributed by atoms with Crippen molar-refractivity contribution < 1.29 is 4.79 Å². The Labute approximate surface area is 135 Å². The molecule has 1 aromatic heterocycles. The third kappa shape index (κ3) is 4.16. The number of halogens is 1. The first-order valence-electron chi connectivity index (χ1n) is 6.90. The van der Waals surface area contributed by atoms with Gasteiger partial charge in [-0.05, 0) is 51.1 Å². The maximum Gasteiger partial charge on any atom is 0.177 e. The van der Waals surface area contributed by atoms with E-state index in [-0.39, 0.29) is 5.78 Å². The summed E-state index contributed by atoms with van der Waals surface area (Å²) in [6.07, 6.45) is 0. The largest absolute Gasteiger partial charge is 0.294 e. The lowest BCUT2D eigenvalue weighted by Gasteiger charge is -2.17. The van der Waals surface area contributed by atoms with Crippen molar-refractivity contribution >= 4 is 28.7 Å². The van der Waals surface area contributed by atoms with Gasteiger partial charge in [0, 0.05) is 17.0 Å². The minimum atomic E-state index is 0.176. The molecule has 0 saturated heterocycles. The zero-order chi connectivity index (χ0) is 15.6. The molecule has 0 aliphatic carbocycles. The number of hydrogen-bond donors (Lipinski definition) is 0. The van der Waals surface area contributed by atoms with Gasteiger partial charge in [-0.15, -0.1) is 11.3 Å². The SMILES string of the molecule is Cc1cc(C)c(C(=O)CN(C)Cc2ccc(Cl)s2)c(C)c1. The van der Waals surface area contributed by atoms with Gasteiger partial charge in [-0.25, -0.2) is 0 Å². The Kier molecular flexibility index (Phi) is 5.20. The number of likely N-dealkylation sites (N-methyl/N-ethyl adjacent to an activating group) is 1. The van der Waals surface area contributed by atoms with Crippen molar-refractivity contribution in [3.8, 4) is 0 Å². The molecule has 2 aromatic rings. The van der Waals surface area contributed by atoms with Gasteiger partial charge in [0.2, 0.25) is 0 Å². The van der Waals surface area contributed by atoms with E-state index in [1.165, 1.54) is 10.4 Å². The predicted octanol–water partition coefficient (Wildman–Crippen LogP) is 4.64. The van der Waals surface area contributed by atoms with E-state index in [2.05, 4.69) is 19.1 Å². The minimum Gasteiger partial charge on any atom is -0.294 e. The molecule has 0 N–H and O–H groups in total. The fourth-order valence-electron chi connectivity index (χ4n) is 2.70. The van der Waals surface area contributed by atoms with Crippen LogP contribution < -0.4 is 0 Å². The molecule has 112 valence electrons. The number of aryl methyl sites for hydroxylation is 3. The summed E-state index contributed by atoms with van der Waals surface area (Å²) in [6, 6.07) is 8.04. The first-order valence-corrected chi connectivity index (χ1v) is 8.10. The summed E-state index contributed by atoms with van der Waals surface area (Å²) in [5.74, 6) is 0.176. The van der Waals surface area contributed by atoms with Crippen LogP contribution in [-0.4, -0.2) is 24.3 Å². The highest BCUT2D eigenvalue weighted by atomic mass is 35.5. The number of carbonyl (C=O) groups excluding carboxylic acids is 1. The maximum absolute atomic E-state index is 12.5. The van der Waals surface area contributed by atoms with Crippen molar-refractivity contribution in [1.29, 1.82) is 0 Å². The molecule has 2 rings (SSSR count). The zero-order valence-electron chi connectivity index (χ0n) is 12.9. The van der Waals surface area contributed by atoms with E-state index in [0.717, 1.165) is 27.6 Å². The molecule has 0 unspecified atom stereocenters. The van der Waals surface area contributed by atoms with E-state index in [9.17, 15) is 4.79 Å². The van der Waals surface area contributed by atoms with Crippen LogP contribution in [0, 0.1) is 20.8 Å². The summed E-state index contributed by atoms with van der Waals surface area (Å²) < 4.78 is 0.787. The van der Waals surface area contributed by atoms with E-state index >= 15 is 0 Å². The first-order chi connectivity index (χ1) is 9.86. The van der Waals surface area contributed by atoms with E-state index in [1.807, 2.05) is 37.9 Å². The third-order valence-corrected chi connectivity index (χ3v) is 4.64. The van der Waals surface area contributed by atoms with Gasteiger partial charge in [-0.3, -0.25) is 9.69 Å². The number of rotatable bonds is 5. The lowest BCUT2D eigenvalue weighted by atomic mass is 9.96. The van der Waals surface area contributed by atoms with Crippen LogP contribution in [0.3, 0.4) is 0 Å². The fourth-order valence-corrected chi connectivity index (χ4v) is 3.87. The maximum atomic E-state index is 12.5. The summed E-state index contributed by atoms with van der Waals surface area (Å²) in [5.41, 5.74) is 4.18. The van der Waals surface area contributed by atoms with Gasteiger partial charge >= 0.3 is 0 Å². The molecule has 0 aliphatic heterocycles. The smallest absolute Gasteiger partial charge is 0.177 e. The molecule has 1 aromatic carbocycles. The molecule has 0 saturated carbocycles. The first kappa shape index (κ1) is 16.2. The van der Waals surface area contributed by atoms with Crippen LogP contribution in [0.25, 0.3) is 0 Å². The van der Waals surface area contributed by atoms with Gasteiger partial charge in [0.1, 0.15) is 0 Å². The van der Waals surface area contributed by atoms with Crippen LogP contribution in [0.1, 0.15) is 31.9 Å². The number of hydrogen-bond acceptors (Lipinski definition) is 3. The Morgan fingerprint density at radius 1 is 1.19 bits per heavy atom. The highest BCUT2D eigenvalue weighted by Crippen LogP contribution is 2.23. The molecule has 0 aliphatic rings. The van der Waals surface area contributed by atoms with E-state index < -0.39 is 0 Å². The quantitative estimate of drug-likeness (QED) is 0.748. The van der Waals surface area contributed by atoms with Gasteiger partial charge in [0.15, 0.2) is 5.78 Å². The van der Waals surface area contributed by atoms with Gasteiger partial charge < -0.3 is 0 Å². The standard InChI is InChI=1S/C17H20ClNOS/c1-11-7-12(2)17(13(3)8-11)15(20)10-19(4)9-14-5-6-16(18)21-14/h5-8H,9-10H2,1-4H3. The van der Waals surface area contributed by atoms with Crippen molar-refractivity contribution in [1.82, 2.24) is 4.90 Å². The lowest BCUT2D eigenvalue weighted by Crippen LogP contribution is -2.26. The van der Waals surface area contributed by atoms with Crippen molar-refractivity contribution in [3.63, 3.8) is 0 Å². The second kappa shape index (κ2) is 6.73. The Balaban J connectivity index is 2.07. The van der Waals surface area contributed by atoms with E-state index in [1.54, 1.807) is 11.3 Å². The number of Topliss-reactive ketones (excluding diaryl/α,β-unsaturated/α-hetero) is 1. The number of nitrogens with zero attached hydrogens (tertiary/aromatic N) is 1. The molecular formula is C17H20ClNOS. The number of ketones is 1. The summed E-state index contributed by atoms with van der Waals surface area (Å²) in [6.45, 7) is 7.23. The Bertz CT molecular complexity index is 640. The van der Waals surface area contributed by atoms with Crippen LogP contribution in [0.5, 0.6) is 0 Å². The van der Waals surface area contributed by atoms with E-state index in [0.29, 0.717) is 6.54 Å². The normalized spacial score (nSPS) is 11.1. The minimum absolute atomic E-state index is 0.176. The highest BCUT2D eigenvalue weighted by molar-refractivity contribution is 7.16. The molecule has 0 bridgehead atoms. The van der Waals surface area contributed by atoms with Crippen LogP contribution in [0.4, 0.5) is 0 Å². The molecule has 0 amide bonds. The van der Waals surface area contributed by atoms with Gasteiger partial charge in [0.05, 0.1) is 10.9 Å². The Morgan fingerprint density at radius 2 is 1.81 bits per heavy atom. The van der Waals surface area contributed by atoms with Crippen LogP contribution in [-0.2, 0) is 6.54 Å². The summed E-state index contributed by atoms with van der Waals surface area (Å²) >= 11 is 7.49. The van der Waals surface area contributed by atoms with Crippen LogP contribution in [0.15, 0.2) is 24.3 Å².